The summed E-state index contributed by atoms with van der Waals surface area (Å²) in [5.41, 5.74) is -0.302. The monoisotopic (exact) mass is 249 g/mol. The van der Waals surface area contributed by atoms with Gasteiger partial charge in [-0.1, -0.05) is 18.2 Å². The van der Waals surface area contributed by atoms with Crippen molar-refractivity contribution in [3.8, 4) is 0 Å². The summed E-state index contributed by atoms with van der Waals surface area (Å²) in [6, 6.07) is 5.56. The first-order valence-corrected chi connectivity index (χ1v) is 4.99. The van der Waals surface area contributed by atoms with E-state index in [1.165, 1.54) is 30.3 Å². The van der Waals surface area contributed by atoms with Gasteiger partial charge in [0.05, 0.1) is 4.92 Å². The predicted octanol–water partition coefficient (Wildman–Crippen LogP) is 0.835. The number of amides is 2. The maximum atomic E-state index is 11.4. The normalized spacial score (nSPS) is 9.33. The molecule has 0 aliphatic carbocycles. The number of hydrogen-bond acceptors (Lipinski definition) is 4. The number of nitro benzene ring substituents is 1. The van der Waals surface area contributed by atoms with Gasteiger partial charge in [-0.25, -0.2) is 0 Å². The number of carbonyl (C=O) groups excluding carboxylic acids is 2. The van der Waals surface area contributed by atoms with Crippen LogP contribution in [0.4, 0.5) is 11.4 Å². The maximum Gasteiger partial charge on any atom is 0.313 e. The second-order valence-electron chi connectivity index (χ2n) is 3.23. The number of para-hydroxylation sites is 2. The highest BCUT2D eigenvalue weighted by molar-refractivity contribution is 6.39. The van der Waals surface area contributed by atoms with E-state index in [0.717, 1.165) is 0 Å². The van der Waals surface area contributed by atoms with E-state index in [4.69, 9.17) is 0 Å². The average molecular weight is 249 g/mol. The van der Waals surface area contributed by atoms with Crippen LogP contribution in [0.3, 0.4) is 0 Å². The molecule has 1 rings (SSSR count). The van der Waals surface area contributed by atoms with Gasteiger partial charge >= 0.3 is 11.8 Å². The fourth-order valence-electron chi connectivity index (χ4n) is 1.16. The number of nitrogens with one attached hydrogen (secondary N) is 2. The second-order valence-corrected chi connectivity index (χ2v) is 3.23. The molecule has 0 unspecified atom stereocenters. The molecule has 0 heterocycles. The van der Waals surface area contributed by atoms with Gasteiger partial charge in [-0.05, 0) is 6.07 Å². The lowest BCUT2D eigenvalue weighted by atomic mass is 10.2. The summed E-state index contributed by atoms with van der Waals surface area (Å²) >= 11 is 0. The van der Waals surface area contributed by atoms with Gasteiger partial charge in [0.15, 0.2) is 0 Å². The molecule has 94 valence electrons. The lowest BCUT2D eigenvalue weighted by Crippen LogP contribution is -2.35. The fraction of sp³-hybridized carbons (Fsp3) is 0.0909. The van der Waals surface area contributed by atoms with E-state index >= 15 is 0 Å². The summed E-state index contributed by atoms with van der Waals surface area (Å²) in [5.74, 6) is -1.85. The highest BCUT2D eigenvalue weighted by atomic mass is 16.6. The highest BCUT2D eigenvalue weighted by Gasteiger charge is 2.18. The summed E-state index contributed by atoms with van der Waals surface area (Å²) in [6.45, 7) is 3.52. The quantitative estimate of drug-likeness (QED) is 0.357. The van der Waals surface area contributed by atoms with Crippen LogP contribution in [0, 0.1) is 10.1 Å². The summed E-state index contributed by atoms with van der Waals surface area (Å²) in [4.78, 5) is 32.7. The third-order valence-electron chi connectivity index (χ3n) is 1.96. The van der Waals surface area contributed by atoms with Crippen LogP contribution in [-0.2, 0) is 9.59 Å². The molecular weight excluding hydrogens is 238 g/mol. The molecule has 0 fully saturated rings. The maximum absolute atomic E-state index is 11.4. The molecular formula is C11H11N3O4. The third kappa shape index (κ3) is 3.41. The minimum Gasteiger partial charge on any atom is -0.344 e. The molecule has 0 saturated carbocycles. The van der Waals surface area contributed by atoms with Crippen LogP contribution in [0.1, 0.15) is 0 Å². The zero-order valence-corrected chi connectivity index (χ0v) is 9.38. The Hall–Kier alpha value is -2.70. The van der Waals surface area contributed by atoms with E-state index in [0.29, 0.717) is 0 Å². The number of hydrogen-bond donors (Lipinski definition) is 2. The molecule has 2 N–H and O–H groups in total. The minimum atomic E-state index is -0.967. The van der Waals surface area contributed by atoms with Crippen LogP contribution < -0.4 is 10.6 Å². The lowest BCUT2D eigenvalue weighted by Gasteiger charge is -2.05. The van der Waals surface area contributed by atoms with Crippen molar-refractivity contribution in [2.24, 2.45) is 0 Å². The number of benzene rings is 1. The van der Waals surface area contributed by atoms with Gasteiger partial charge in [0.25, 0.3) is 5.69 Å². The molecule has 0 atom stereocenters. The number of anilines is 1. The summed E-state index contributed by atoms with van der Waals surface area (Å²) < 4.78 is 0. The molecule has 18 heavy (non-hydrogen) atoms. The van der Waals surface area contributed by atoms with Crippen molar-refractivity contribution in [1.29, 1.82) is 0 Å². The van der Waals surface area contributed by atoms with Crippen LogP contribution in [0.15, 0.2) is 36.9 Å². The topological polar surface area (TPSA) is 101 Å². The molecule has 0 spiro atoms. The van der Waals surface area contributed by atoms with E-state index in [-0.39, 0.29) is 17.9 Å². The lowest BCUT2D eigenvalue weighted by molar-refractivity contribution is -0.383. The molecule has 2 amide bonds. The standard InChI is InChI=1S/C11H11N3O4/c1-2-7-12-10(15)11(16)13-8-5-3-4-6-9(8)14(17)18/h2-6H,1,7H2,(H,12,15)(H,13,16). The summed E-state index contributed by atoms with van der Waals surface area (Å²) in [7, 11) is 0. The minimum absolute atomic E-state index is 0.0266. The van der Waals surface area contributed by atoms with Gasteiger partial charge in [-0.15, -0.1) is 6.58 Å². The predicted molar refractivity (Wildman–Crippen MR) is 64.9 cm³/mol. The Morgan fingerprint density at radius 3 is 2.61 bits per heavy atom. The summed E-state index contributed by atoms with van der Waals surface area (Å²) in [6.07, 6.45) is 1.41. The number of nitrogens with zero attached hydrogens (tertiary/aromatic N) is 1. The second kappa shape index (κ2) is 6.14. The largest absolute Gasteiger partial charge is 0.344 e. The van der Waals surface area contributed by atoms with E-state index in [1.54, 1.807) is 0 Å². The summed E-state index contributed by atoms with van der Waals surface area (Å²) in [5, 5.41) is 15.1. The molecule has 7 nitrogen and oxygen atoms in total. The highest BCUT2D eigenvalue weighted by Crippen LogP contribution is 2.22. The fourth-order valence-corrected chi connectivity index (χ4v) is 1.16. The molecule has 7 heteroatoms. The molecule has 1 aromatic carbocycles. The van der Waals surface area contributed by atoms with Crippen molar-refractivity contribution in [2.75, 3.05) is 11.9 Å². The van der Waals surface area contributed by atoms with E-state index in [1.807, 2.05) is 0 Å². The Morgan fingerprint density at radius 1 is 1.33 bits per heavy atom. The first-order valence-electron chi connectivity index (χ1n) is 4.99. The van der Waals surface area contributed by atoms with E-state index in [2.05, 4.69) is 17.2 Å². The van der Waals surface area contributed by atoms with Crippen molar-refractivity contribution >= 4 is 23.2 Å². The van der Waals surface area contributed by atoms with Gasteiger partial charge < -0.3 is 10.6 Å². The van der Waals surface area contributed by atoms with Gasteiger partial charge in [0.1, 0.15) is 5.69 Å². The Balaban J connectivity index is 2.78. The van der Waals surface area contributed by atoms with Gasteiger partial charge in [-0.3, -0.25) is 19.7 Å². The van der Waals surface area contributed by atoms with Crippen molar-refractivity contribution in [3.63, 3.8) is 0 Å². The zero-order valence-electron chi connectivity index (χ0n) is 9.38. The van der Waals surface area contributed by atoms with Crippen LogP contribution in [0.25, 0.3) is 0 Å². The van der Waals surface area contributed by atoms with Gasteiger partial charge in [0.2, 0.25) is 0 Å². The van der Waals surface area contributed by atoms with Crippen LogP contribution in [0.2, 0.25) is 0 Å². The molecule has 0 aliphatic heterocycles. The smallest absolute Gasteiger partial charge is 0.313 e. The van der Waals surface area contributed by atoms with Gasteiger partial charge in [0, 0.05) is 12.6 Å². The number of nitro groups is 1. The van der Waals surface area contributed by atoms with E-state index in [9.17, 15) is 19.7 Å². The third-order valence-corrected chi connectivity index (χ3v) is 1.96. The Labute approximate surface area is 103 Å². The molecule has 1 aromatic rings. The van der Waals surface area contributed by atoms with Crippen molar-refractivity contribution in [1.82, 2.24) is 5.32 Å². The van der Waals surface area contributed by atoms with E-state index < -0.39 is 16.7 Å². The van der Waals surface area contributed by atoms with Crippen molar-refractivity contribution in [2.45, 2.75) is 0 Å². The Morgan fingerprint density at radius 2 is 2.00 bits per heavy atom. The number of carbonyl (C=O) groups is 2. The first-order chi connectivity index (χ1) is 8.56. The SMILES string of the molecule is C=CCNC(=O)C(=O)Nc1ccccc1[N+](=O)[O-]. The zero-order chi connectivity index (χ0) is 13.5. The Kier molecular flexibility index (Phi) is 4.56. The molecule has 0 aliphatic rings. The van der Waals surface area contributed by atoms with Crippen LogP contribution in [0.5, 0.6) is 0 Å². The Bertz CT molecular complexity index is 499. The molecule has 0 radical (unpaired) electrons. The average Bonchev–Trinajstić information content (AvgIpc) is 2.36. The van der Waals surface area contributed by atoms with Crippen molar-refractivity contribution < 1.29 is 14.5 Å². The molecule has 0 aromatic heterocycles. The van der Waals surface area contributed by atoms with Crippen LogP contribution in [-0.4, -0.2) is 23.3 Å². The van der Waals surface area contributed by atoms with Gasteiger partial charge in [-0.2, -0.15) is 0 Å². The van der Waals surface area contributed by atoms with Crippen molar-refractivity contribution in [3.05, 3.63) is 47.0 Å². The van der Waals surface area contributed by atoms with Crippen LogP contribution >= 0.6 is 0 Å². The molecule has 0 bridgehead atoms. The molecule has 0 saturated heterocycles. The number of rotatable bonds is 4. The first kappa shape index (κ1) is 13.4.